The Bertz CT molecular complexity index is 1560. The number of nitrogens with zero attached hydrogens (tertiary/aromatic N) is 8. The van der Waals surface area contributed by atoms with Crippen LogP contribution in [0.3, 0.4) is 0 Å². The van der Waals surface area contributed by atoms with E-state index >= 15 is 0 Å². The highest BCUT2D eigenvalue weighted by Crippen LogP contribution is 2.24. The van der Waals surface area contributed by atoms with E-state index in [1.54, 1.807) is 6.33 Å². The number of anilines is 1. The first-order chi connectivity index (χ1) is 19.6. The van der Waals surface area contributed by atoms with Gasteiger partial charge in [0.15, 0.2) is 0 Å². The zero-order valence-electron chi connectivity index (χ0n) is 23.1. The number of hydrogen-bond donors (Lipinski definition) is 1. The molecule has 0 aliphatic carbocycles. The molecule has 40 heavy (non-hydrogen) atoms. The molecular formula is C30H35N9O. The second-order valence-corrected chi connectivity index (χ2v) is 10.3. The molecule has 0 unspecified atom stereocenters. The topological polar surface area (TPSA) is 88.6 Å². The predicted octanol–water partition coefficient (Wildman–Crippen LogP) is 3.82. The lowest BCUT2D eigenvalue weighted by molar-refractivity contribution is 0.213. The van der Waals surface area contributed by atoms with E-state index in [2.05, 4.69) is 66.5 Å². The van der Waals surface area contributed by atoms with Crippen molar-refractivity contribution in [2.24, 2.45) is 7.05 Å². The standard InChI is InChI=1S/C30H35N9O/c1-36-9-3-10-38(13-12-36)14-15-40-26-8-11-39-28(20-32-30(39)16-26)27-17-29(34-22-33-27)31-18-23-4-6-24(7-5-23)25-19-35-37(2)21-25/h4-8,11,16-17,19-22H,3,9-10,12-15,18H2,1-2H3,(H,31,33,34). The molecule has 1 fully saturated rings. The summed E-state index contributed by atoms with van der Waals surface area (Å²) < 4.78 is 9.92. The average molecular weight is 538 g/mol. The minimum absolute atomic E-state index is 0.658. The van der Waals surface area contributed by atoms with Crippen molar-refractivity contribution in [3.05, 3.63) is 79.1 Å². The van der Waals surface area contributed by atoms with Crippen molar-refractivity contribution in [1.82, 2.24) is 38.9 Å². The molecule has 0 bridgehead atoms. The lowest BCUT2D eigenvalue weighted by atomic mass is 10.1. The van der Waals surface area contributed by atoms with Gasteiger partial charge in [-0.3, -0.25) is 14.0 Å². The van der Waals surface area contributed by atoms with Gasteiger partial charge in [0.1, 0.15) is 30.1 Å². The largest absolute Gasteiger partial charge is 0.492 e. The van der Waals surface area contributed by atoms with Crippen molar-refractivity contribution in [2.45, 2.75) is 13.0 Å². The molecule has 206 valence electrons. The smallest absolute Gasteiger partial charge is 0.140 e. The van der Waals surface area contributed by atoms with Gasteiger partial charge in [-0.1, -0.05) is 24.3 Å². The number of likely N-dealkylation sites (N-methyl/N-ethyl adjacent to an activating group) is 1. The summed E-state index contributed by atoms with van der Waals surface area (Å²) in [6.07, 6.45) is 10.5. The van der Waals surface area contributed by atoms with Crippen LogP contribution in [0.1, 0.15) is 12.0 Å². The number of hydrogen-bond acceptors (Lipinski definition) is 8. The van der Waals surface area contributed by atoms with Gasteiger partial charge < -0.3 is 15.0 Å². The highest BCUT2D eigenvalue weighted by Gasteiger charge is 2.13. The zero-order chi connectivity index (χ0) is 27.3. The average Bonchev–Trinajstić information content (AvgIpc) is 3.55. The van der Waals surface area contributed by atoms with Gasteiger partial charge in [-0.2, -0.15) is 5.10 Å². The van der Waals surface area contributed by atoms with Crippen LogP contribution in [-0.4, -0.2) is 85.3 Å². The van der Waals surface area contributed by atoms with Crippen LogP contribution in [0.4, 0.5) is 5.82 Å². The molecule has 1 N–H and O–H groups in total. The Morgan fingerprint density at radius 2 is 1.80 bits per heavy atom. The lowest BCUT2D eigenvalue weighted by Gasteiger charge is -2.20. The number of pyridine rings is 1. The van der Waals surface area contributed by atoms with Crippen molar-refractivity contribution in [1.29, 1.82) is 0 Å². The Hall–Kier alpha value is -4.28. The lowest BCUT2D eigenvalue weighted by Crippen LogP contribution is -2.32. The monoisotopic (exact) mass is 537 g/mol. The summed E-state index contributed by atoms with van der Waals surface area (Å²) >= 11 is 0. The number of rotatable bonds is 9. The molecule has 6 rings (SSSR count). The molecule has 1 aliphatic rings. The van der Waals surface area contributed by atoms with Gasteiger partial charge in [-0.25, -0.2) is 15.0 Å². The van der Waals surface area contributed by atoms with Gasteiger partial charge in [-0.15, -0.1) is 0 Å². The number of benzene rings is 1. The van der Waals surface area contributed by atoms with E-state index in [4.69, 9.17) is 4.74 Å². The molecule has 4 aromatic heterocycles. The normalized spacial score (nSPS) is 14.8. The van der Waals surface area contributed by atoms with E-state index in [1.807, 2.05) is 59.1 Å². The molecule has 1 saturated heterocycles. The second-order valence-electron chi connectivity index (χ2n) is 10.3. The molecule has 0 saturated carbocycles. The molecule has 0 amide bonds. The minimum atomic E-state index is 0.658. The SMILES string of the molecule is CN1CCCN(CCOc2ccn3c(-c4cc(NCc5ccc(-c6cnn(C)c6)cc5)ncn4)cnc3c2)CC1. The summed E-state index contributed by atoms with van der Waals surface area (Å²) in [6.45, 7) is 6.77. The summed E-state index contributed by atoms with van der Waals surface area (Å²) in [6, 6.07) is 14.4. The molecule has 0 spiro atoms. The molecule has 0 atom stereocenters. The maximum absolute atomic E-state index is 6.08. The first-order valence-corrected chi connectivity index (χ1v) is 13.8. The fraction of sp³-hybridized carbons (Fsp3) is 0.333. The van der Waals surface area contributed by atoms with Crippen molar-refractivity contribution >= 4 is 11.5 Å². The fourth-order valence-electron chi connectivity index (χ4n) is 5.03. The number of nitrogens with one attached hydrogen (secondary N) is 1. The Morgan fingerprint density at radius 3 is 2.65 bits per heavy atom. The van der Waals surface area contributed by atoms with Gasteiger partial charge in [0.25, 0.3) is 0 Å². The van der Waals surface area contributed by atoms with Gasteiger partial charge >= 0.3 is 0 Å². The summed E-state index contributed by atoms with van der Waals surface area (Å²) in [5, 5.41) is 7.67. The Labute approximate surface area is 234 Å². The third-order valence-electron chi connectivity index (χ3n) is 7.37. The highest BCUT2D eigenvalue weighted by molar-refractivity contribution is 5.64. The third kappa shape index (κ3) is 6.13. The van der Waals surface area contributed by atoms with Crippen molar-refractivity contribution < 1.29 is 4.74 Å². The van der Waals surface area contributed by atoms with Crippen molar-refractivity contribution in [3.8, 4) is 28.3 Å². The van der Waals surface area contributed by atoms with E-state index < -0.39 is 0 Å². The Morgan fingerprint density at radius 1 is 0.900 bits per heavy atom. The van der Waals surface area contributed by atoms with E-state index in [-0.39, 0.29) is 0 Å². The summed E-state index contributed by atoms with van der Waals surface area (Å²) in [5.41, 5.74) is 5.95. The molecular weight excluding hydrogens is 502 g/mol. The Balaban J connectivity index is 1.07. The quantitative estimate of drug-likeness (QED) is 0.304. The molecule has 10 nitrogen and oxygen atoms in total. The summed E-state index contributed by atoms with van der Waals surface area (Å²) in [5.74, 6) is 1.59. The van der Waals surface area contributed by atoms with Crippen LogP contribution in [0, 0.1) is 0 Å². The van der Waals surface area contributed by atoms with Crippen LogP contribution in [0.2, 0.25) is 0 Å². The van der Waals surface area contributed by atoms with Gasteiger partial charge in [0.05, 0.1) is 23.8 Å². The Kier molecular flexibility index (Phi) is 7.69. The van der Waals surface area contributed by atoms with E-state index in [0.29, 0.717) is 13.2 Å². The minimum Gasteiger partial charge on any atom is -0.492 e. The maximum Gasteiger partial charge on any atom is 0.140 e. The van der Waals surface area contributed by atoms with Crippen LogP contribution in [0.15, 0.2) is 73.6 Å². The first kappa shape index (κ1) is 26.0. The number of aromatic nitrogens is 6. The fourth-order valence-corrected chi connectivity index (χ4v) is 5.03. The van der Waals surface area contributed by atoms with Crippen LogP contribution in [0.5, 0.6) is 5.75 Å². The third-order valence-corrected chi connectivity index (χ3v) is 7.37. The van der Waals surface area contributed by atoms with Gasteiger partial charge in [0, 0.05) is 63.3 Å². The molecule has 0 radical (unpaired) electrons. The molecule has 1 aromatic carbocycles. The highest BCUT2D eigenvalue weighted by atomic mass is 16.5. The number of fused-ring (bicyclic) bond motifs is 1. The molecule has 1 aliphatic heterocycles. The maximum atomic E-state index is 6.08. The van der Waals surface area contributed by atoms with Crippen LogP contribution >= 0.6 is 0 Å². The van der Waals surface area contributed by atoms with Gasteiger partial charge in [0.2, 0.25) is 0 Å². The number of ether oxygens (including phenoxy) is 1. The second kappa shape index (κ2) is 11.8. The molecule has 10 heteroatoms. The van der Waals surface area contributed by atoms with Crippen molar-refractivity contribution in [3.63, 3.8) is 0 Å². The van der Waals surface area contributed by atoms with Gasteiger partial charge in [-0.05, 0) is 43.8 Å². The van der Waals surface area contributed by atoms with Crippen LogP contribution in [0.25, 0.3) is 28.2 Å². The zero-order valence-corrected chi connectivity index (χ0v) is 23.1. The van der Waals surface area contributed by atoms with Crippen molar-refractivity contribution in [2.75, 3.05) is 51.7 Å². The van der Waals surface area contributed by atoms with Crippen LogP contribution in [-0.2, 0) is 13.6 Å². The molecule has 5 aromatic rings. The van der Waals surface area contributed by atoms with E-state index in [9.17, 15) is 0 Å². The number of aryl methyl sites for hydroxylation is 1. The molecule has 5 heterocycles. The van der Waals surface area contributed by atoms with Crippen LogP contribution < -0.4 is 10.1 Å². The number of imidazole rings is 1. The first-order valence-electron chi connectivity index (χ1n) is 13.8. The summed E-state index contributed by atoms with van der Waals surface area (Å²) in [7, 11) is 4.12. The summed E-state index contributed by atoms with van der Waals surface area (Å²) in [4.78, 5) is 18.4. The predicted molar refractivity (Wildman–Crippen MR) is 156 cm³/mol. The van der Waals surface area contributed by atoms with E-state index in [1.165, 1.54) is 18.5 Å². The van der Waals surface area contributed by atoms with E-state index in [0.717, 1.165) is 65.9 Å².